The molecule has 5 rings (SSSR count). The molecule has 3 aromatic carbocycles. The van der Waals surface area contributed by atoms with E-state index in [9.17, 15) is 13.9 Å². The van der Waals surface area contributed by atoms with Gasteiger partial charge in [-0.3, -0.25) is 0 Å². The monoisotopic (exact) mass is 562 g/mol. The zero-order valence-electron chi connectivity index (χ0n) is 22.4. The van der Waals surface area contributed by atoms with Crippen molar-refractivity contribution in [2.75, 3.05) is 5.32 Å². The highest BCUT2D eigenvalue weighted by Crippen LogP contribution is 2.42. The summed E-state index contributed by atoms with van der Waals surface area (Å²) in [6.45, 7) is 1.44. The average molecular weight is 563 g/mol. The number of alkyl halides is 2. The molecule has 208 valence electrons. The van der Waals surface area contributed by atoms with Crippen molar-refractivity contribution in [3.05, 3.63) is 118 Å². The van der Waals surface area contributed by atoms with E-state index < -0.39 is 12.0 Å². The Bertz CT molecular complexity index is 1410. The van der Waals surface area contributed by atoms with Crippen molar-refractivity contribution in [1.82, 2.24) is 0 Å². The van der Waals surface area contributed by atoms with Crippen molar-refractivity contribution in [2.45, 2.75) is 63.2 Å². The summed E-state index contributed by atoms with van der Waals surface area (Å²) < 4.78 is 34.4. The minimum atomic E-state index is -3.26. The molecule has 1 fully saturated rings. The molecule has 0 aromatic heterocycles. The molecule has 3 aromatic rings. The molecule has 1 unspecified atom stereocenters. The number of aliphatic hydroxyl groups is 1. The smallest absolute Gasteiger partial charge is 0.298 e. The number of nitrogens with one attached hydrogen (secondary N) is 1. The van der Waals surface area contributed by atoms with Crippen LogP contribution < -0.4 is 5.32 Å². The number of benzene rings is 3. The van der Waals surface area contributed by atoms with Gasteiger partial charge in [0.25, 0.3) is 5.92 Å². The predicted octanol–water partition coefficient (Wildman–Crippen LogP) is 8.31. The maximum Gasteiger partial charge on any atom is 0.298 e. The van der Waals surface area contributed by atoms with Crippen LogP contribution in [0.3, 0.4) is 0 Å². The zero-order chi connectivity index (χ0) is 28.2. The lowest BCUT2D eigenvalue weighted by atomic mass is 9.98. The molecule has 0 bridgehead atoms. The Morgan fingerprint density at radius 2 is 1.77 bits per heavy atom. The SMILES string of the molecule is CC(O)C(F)(F)c1ccc(CC2(Nc3ccc(/C4=C(OCc5ccccc5Cl)/N=C\C=C/CC4)cc3)CC2)cc1. The number of ether oxygens (including phenoxy) is 1. The molecule has 1 saturated carbocycles. The largest absolute Gasteiger partial charge is 0.473 e. The van der Waals surface area contributed by atoms with Crippen LogP contribution in [0.15, 0.2) is 95.8 Å². The fourth-order valence-electron chi connectivity index (χ4n) is 4.87. The summed E-state index contributed by atoms with van der Waals surface area (Å²) in [4.78, 5) is 4.58. The Labute approximate surface area is 239 Å². The van der Waals surface area contributed by atoms with Gasteiger partial charge in [0.15, 0.2) is 0 Å². The molecule has 7 heteroatoms. The number of rotatable bonds is 10. The van der Waals surface area contributed by atoms with Crippen LogP contribution in [-0.2, 0) is 23.7 Å². The van der Waals surface area contributed by atoms with Crippen LogP contribution in [-0.4, -0.2) is 23.0 Å². The summed E-state index contributed by atoms with van der Waals surface area (Å²) >= 11 is 6.32. The van der Waals surface area contributed by atoms with Crippen molar-refractivity contribution in [3.8, 4) is 0 Å². The highest BCUT2D eigenvalue weighted by Gasteiger charge is 2.43. The standard InChI is InChI=1S/C33H33ClF2N2O2/c1-23(39)33(35,36)27-14-10-24(11-15-27)21-32(18-19-32)38-28-16-12-25(13-17-28)29-8-3-2-6-20-37-31(29)40-22-26-7-4-5-9-30(26)34/h2,4-7,9-17,20,23,38-39H,3,8,18-19,21-22H2,1H3/b6-2-,31-29-,37-20-. The number of hydrogen-bond donors (Lipinski definition) is 2. The van der Waals surface area contributed by atoms with Gasteiger partial charge in [-0.05, 0) is 74.4 Å². The van der Waals surface area contributed by atoms with Crippen molar-refractivity contribution in [2.24, 2.45) is 4.99 Å². The van der Waals surface area contributed by atoms with Gasteiger partial charge in [0, 0.05) is 39.2 Å². The number of hydrogen-bond acceptors (Lipinski definition) is 4. The summed E-state index contributed by atoms with van der Waals surface area (Å²) in [5.41, 5.74) is 4.72. The molecule has 1 heterocycles. The minimum Gasteiger partial charge on any atom is -0.473 e. The number of halogens is 3. The third-order valence-corrected chi connectivity index (χ3v) is 7.83. The van der Waals surface area contributed by atoms with Crippen LogP contribution in [0.2, 0.25) is 5.02 Å². The van der Waals surface area contributed by atoms with Crippen molar-refractivity contribution in [1.29, 1.82) is 0 Å². The summed E-state index contributed by atoms with van der Waals surface area (Å²) in [7, 11) is 0. The Balaban J connectivity index is 1.28. The lowest BCUT2D eigenvalue weighted by Crippen LogP contribution is -2.28. The second kappa shape index (κ2) is 11.9. The molecule has 4 nitrogen and oxygen atoms in total. The van der Waals surface area contributed by atoms with Crippen LogP contribution in [0, 0.1) is 0 Å². The van der Waals surface area contributed by atoms with Crippen LogP contribution in [0.25, 0.3) is 5.57 Å². The van der Waals surface area contributed by atoms with E-state index in [0.29, 0.717) is 17.5 Å². The van der Waals surface area contributed by atoms with E-state index in [1.807, 2.05) is 30.3 Å². The first-order valence-electron chi connectivity index (χ1n) is 13.6. The Hall–Kier alpha value is -3.48. The second-order valence-corrected chi connectivity index (χ2v) is 11.0. The molecule has 0 spiro atoms. The maximum atomic E-state index is 14.1. The summed E-state index contributed by atoms with van der Waals surface area (Å²) in [6.07, 6.45) is 8.48. The van der Waals surface area contributed by atoms with Gasteiger partial charge in [0.1, 0.15) is 12.7 Å². The first kappa shape index (κ1) is 28.1. The van der Waals surface area contributed by atoms with Crippen molar-refractivity contribution >= 4 is 29.1 Å². The van der Waals surface area contributed by atoms with Crippen LogP contribution in [0.5, 0.6) is 0 Å². The van der Waals surface area contributed by atoms with E-state index in [0.717, 1.165) is 67.0 Å². The lowest BCUT2D eigenvalue weighted by molar-refractivity contribution is -0.106. The van der Waals surface area contributed by atoms with Crippen LogP contribution >= 0.6 is 11.6 Å². The fraction of sp³-hybridized carbons (Fsp3) is 0.303. The van der Waals surface area contributed by atoms with Gasteiger partial charge in [0.05, 0.1) is 0 Å². The van der Waals surface area contributed by atoms with E-state index in [4.69, 9.17) is 16.3 Å². The molecule has 0 saturated heterocycles. The molecular weight excluding hydrogens is 530 g/mol. The fourth-order valence-corrected chi connectivity index (χ4v) is 5.06. The van der Waals surface area contributed by atoms with Gasteiger partial charge in [-0.2, -0.15) is 8.78 Å². The maximum absolute atomic E-state index is 14.1. The van der Waals surface area contributed by atoms with Gasteiger partial charge >= 0.3 is 0 Å². The number of allylic oxidation sites excluding steroid dienone is 3. The topological polar surface area (TPSA) is 53.8 Å². The highest BCUT2D eigenvalue weighted by atomic mass is 35.5. The summed E-state index contributed by atoms with van der Waals surface area (Å²) in [5, 5.41) is 13.7. The first-order chi connectivity index (χ1) is 19.3. The number of aliphatic hydroxyl groups excluding tert-OH is 1. The van der Waals surface area contributed by atoms with Crippen LogP contribution in [0.4, 0.5) is 14.5 Å². The van der Waals surface area contributed by atoms with Gasteiger partial charge in [-0.25, -0.2) is 4.99 Å². The third-order valence-electron chi connectivity index (χ3n) is 7.46. The molecule has 2 aliphatic rings. The van der Waals surface area contributed by atoms with E-state index in [1.54, 1.807) is 18.3 Å². The Morgan fingerprint density at radius 3 is 2.45 bits per heavy atom. The van der Waals surface area contributed by atoms with Gasteiger partial charge in [-0.1, -0.05) is 72.3 Å². The number of nitrogens with zero attached hydrogens (tertiary/aromatic N) is 1. The molecular formula is C33H33ClF2N2O2. The lowest BCUT2D eigenvalue weighted by Gasteiger charge is -2.22. The molecule has 0 radical (unpaired) electrons. The van der Waals surface area contributed by atoms with E-state index >= 15 is 0 Å². The Kier molecular flexibility index (Phi) is 8.38. The van der Waals surface area contributed by atoms with Crippen LogP contribution in [0.1, 0.15) is 54.9 Å². The van der Waals surface area contributed by atoms with E-state index in [1.165, 1.54) is 12.1 Å². The third kappa shape index (κ3) is 6.62. The Morgan fingerprint density at radius 1 is 1.05 bits per heavy atom. The molecule has 0 amide bonds. The quantitative estimate of drug-likeness (QED) is 0.261. The summed E-state index contributed by atoms with van der Waals surface area (Å²) in [6, 6.07) is 22.2. The number of aliphatic imine (C=N–C) groups is 1. The molecule has 40 heavy (non-hydrogen) atoms. The minimum absolute atomic E-state index is 0.0896. The summed E-state index contributed by atoms with van der Waals surface area (Å²) in [5.74, 6) is -2.67. The first-order valence-corrected chi connectivity index (χ1v) is 14.0. The van der Waals surface area contributed by atoms with E-state index in [2.05, 4.69) is 40.7 Å². The average Bonchev–Trinajstić information content (AvgIpc) is 3.68. The van der Waals surface area contributed by atoms with Crippen molar-refractivity contribution < 1.29 is 18.6 Å². The van der Waals surface area contributed by atoms with Gasteiger partial charge < -0.3 is 15.2 Å². The van der Waals surface area contributed by atoms with Gasteiger partial charge in [-0.15, -0.1) is 0 Å². The molecule has 1 aliphatic heterocycles. The predicted molar refractivity (Wildman–Crippen MR) is 158 cm³/mol. The highest BCUT2D eigenvalue weighted by molar-refractivity contribution is 6.31. The van der Waals surface area contributed by atoms with Crippen molar-refractivity contribution in [3.63, 3.8) is 0 Å². The zero-order valence-corrected chi connectivity index (χ0v) is 23.2. The van der Waals surface area contributed by atoms with Gasteiger partial charge in [0.2, 0.25) is 5.88 Å². The second-order valence-electron chi connectivity index (χ2n) is 10.6. The molecule has 2 N–H and O–H groups in total. The number of anilines is 1. The molecule has 1 aliphatic carbocycles. The molecule has 1 atom stereocenters. The normalized spacial score (nSPS) is 20.6. The van der Waals surface area contributed by atoms with E-state index in [-0.39, 0.29) is 11.1 Å².